The molecule has 62 valence electrons. The average molecular weight is 244 g/mol. The first kappa shape index (κ1) is 9.43. The van der Waals surface area contributed by atoms with Crippen molar-refractivity contribution in [2.45, 2.75) is 12.8 Å². The van der Waals surface area contributed by atoms with Gasteiger partial charge in [-0.05, 0) is 22.0 Å². The predicted octanol–water partition coefficient (Wildman–Crippen LogP) is 3.00. The van der Waals surface area contributed by atoms with Crippen LogP contribution in [0.4, 0.5) is 0 Å². The van der Waals surface area contributed by atoms with Crippen molar-refractivity contribution in [2.24, 2.45) is 0 Å². The highest BCUT2D eigenvalue weighted by molar-refractivity contribution is 9.10. The Bertz CT molecular complexity index is 326. The Balaban J connectivity index is 2.61. The molecule has 0 fully saturated rings. The van der Waals surface area contributed by atoms with Crippen molar-refractivity contribution >= 4 is 33.0 Å². The number of rotatable bonds is 3. The van der Waals surface area contributed by atoms with Crippen LogP contribution in [0.25, 0.3) is 0 Å². The van der Waals surface area contributed by atoms with Crippen molar-refractivity contribution in [3.63, 3.8) is 0 Å². The van der Waals surface area contributed by atoms with Crippen LogP contribution < -0.4 is 0 Å². The number of nitrogens with zero attached hydrogens (tertiary/aromatic N) is 1. The fourth-order valence-electron chi connectivity index (χ4n) is 0.752. The van der Waals surface area contributed by atoms with E-state index in [2.05, 4.69) is 15.9 Å². The summed E-state index contributed by atoms with van der Waals surface area (Å²) in [6.45, 7) is 0. The van der Waals surface area contributed by atoms with Gasteiger partial charge in [0, 0.05) is 22.7 Å². The summed E-state index contributed by atoms with van der Waals surface area (Å²) in [5.74, 6) is 0.0484. The molecule has 1 aromatic heterocycles. The second kappa shape index (κ2) is 4.39. The van der Waals surface area contributed by atoms with Crippen LogP contribution in [0.3, 0.4) is 0 Å². The van der Waals surface area contributed by atoms with Crippen LogP contribution in [-0.4, -0.2) is 5.78 Å². The standard InChI is InChI=1S/C8H6BrNOS/c9-6-4-8(12-5-6)7(11)2-1-3-10/h4-5H,1-2H2. The van der Waals surface area contributed by atoms with E-state index in [1.165, 1.54) is 11.3 Å². The number of hydrogen-bond acceptors (Lipinski definition) is 3. The van der Waals surface area contributed by atoms with E-state index in [0.717, 1.165) is 9.35 Å². The van der Waals surface area contributed by atoms with Gasteiger partial charge in [0.05, 0.1) is 10.9 Å². The molecule has 1 rings (SSSR count). The molecule has 0 unspecified atom stereocenters. The summed E-state index contributed by atoms with van der Waals surface area (Å²) in [6, 6.07) is 3.73. The average Bonchev–Trinajstić information content (AvgIpc) is 2.47. The SMILES string of the molecule is N#CCCC(=O)c1cc(Br)cs1. The summed E-state index contributed by atoms with van der Waals surface area (Å²) < 4.78 is 0.924. The number of carbonyl (C=O) groups excluding carboxylic acids is 1. The Morgan fingerprint density at radius 2 is 2.50 bits per heavy atom. The number of ketones is 1. The Labute approximate surface area is 83.0 Å². The van der Waals surface area contributed by atoms with Crippen LogP contribution in [0.1, 0.15) is 22.5 Å². The molecule has 0 radical (unpaired) electrons. The van der Waals surface area contributed by atoms with Crippen molar-refractivity contribution in [1.29, 1.82) is 5.26 Å². The molecule has 0 aliphatic heterocycles. The molecule has 1 heterocycles. The molecule has 1 aromatic rings. The van der Waals surface area contributed by atoms with E-state index < -0.39 is 0 Å². The van der Waals surface area contributed by atoms with Crippen molar-refractivity contribution in [3.05, 3.63) is 20.8 Å². The van der Waals surface area contributed by atoms with Crippen LogP contribution in [0.2, 0.25) is 0 Å². The first-order chi connectivity index (χ1) is 5.74. The van der Waals surface area contributed by atoms with Crippen LogP contribution in [0.15, 0.2) is 15.9 Å². The lowest BCUT2D eigenvalue weighted by atomic mass is 10.2. The highest BCUT2D eigenvalue weighted by Crippen LogP contribution is 2.21. The maximum absolute atomic E-state index is 11.3. The van der Waals surface area contributed by atoms with Crippen LogP contribution in [-0.2, 0) is 0 Å². The van der Waals surface area contributed by atoms with Crippen molar-refractivity contribution < 1.29 is 4.79 Å². The van der Waals surface area contributed by atoms with Crippen molar-refractivity contribution in [3.8, 4) is 6.07 Å². The second-order valence-electron chi connectivity index (χ2n) is 2.21. The monoisotopic (exact) mass is 243 g/mol. The zero-order valence-electron chi connectivity index (χ0n) is 6.21. The smallest absolute Gasteiger partial charge is 0.173 e. The minimum absolute atomic E-state index is 0.0484. The van der Waals surface area contributed by atoms with E-state index in [1.807, 2.05) is 11.4 Å². The molecule has 0 amide bonds. The Morgan fingerprint density at radius 1 is 1.75 bits per heavy atom. The van der Waals surface area contributed by atoms with E-state index >= 15 is 0 Å². The first-order valence-corrected chi connectivity index (χ1v) is 5.05. The molecule has 2 nitrogen and oxygen atoms in total. The van der Waals surface area contributed by atoms with E-state index in [9.17, 15) is 4.79 Å². The molecule has 0 N–H and O–H groups in total. The third kappa shape index (κ3) is 2.43. The number of hydrogen-bond donors (Lipinski definition) is 0. The van der Waals surface area contributed by atoms with Gasteiger partial charge in [-0.25, -0.2) is 0 Å². The molecule has 0 saturated carbocycles. The molecule has 4 heteroatoms. The lowest BCUT2D eigenvalue weighted by Gasteiger charge is -1.89. The van der Waals surface area contributed by atoms with E-state index in [0.29, 0.717) is 12.8 Å². The van der Waals surface area contributed by atoms with Gasteiger partial charge in [-0.3, -0.25) is 4.79 Å². The lowest BCUT2D eigenvalue weighted by Crippen LogP contribution is -1.93. The lowest BCUT2D eigenvalue weighted by molar-refractivity contribution is 0.0988. The third-order valence-electron chi connectivity index (χ3n) is 1.31. The van der Waals surface area contributed by atoms with E-state index in [-0.39, 0.29) is 5.78 Å². The van der Waals surface area contributed by atoms with Gasteiger partial charge in [-0.2, -0.15) is 5.26 Å². The third-order valence-corrected chi connectivity index (χ3v) is 3.04. The first-order valence-electron chi connectivity index (χ1n) is 3.38. The Morgan fingerprint density at radius 3 is 3.00 bits per heavy atom. The maximum atomic E-state index is 11.3. The highest BCUT2D eigenvalue weighted by atomic mass is 79.9. The summed E-state index contributed by atoms with van der Waals surface area (Å²) in [4.78, 5) is 12.0. The minimum Gasteiger partial charge on any atom is -0.293 e. The van der Waals surface area contributed by atoms with Crippen LogP contribution in [0.5, 0.6) is 0 Å². The van der Waals surface area contributed by atoms with Gasteiger partial charge in [0.25, 0.3) is 0 Å². The molecule has 12 heavy (non-hydrogen) atoms. The second-order valence-corrected chi connectivity index (χ2v) is 4.04. The van der Waals surface area contributed by atoms with Gasteiger partial charge >= 0.3 is 0 Å². The Kier molecular flexibility index (Phi) is 3.45. The quantitative estimate of drug-likeness (QED) is 0.767. The summed E-state index contributed by atoms with van der Waals surface area (Å²) in [5, 5.41) is 10.1. The molecule has 0 aliphatic carbocycles. The highest BCUT2D eigenvalue weighted by Gasteiger charge is 2.07. The molecule has 0 saturated heterocycles. The summed E-state index contributed by atoms with van der Waals surface area (Å²) in [7, 11) is 0. The van der Waals surface area contributed by atoms with Gasteiger partial charge in [-0.15, -0.1) is 11.3 Å². The van der Waals surface area contributed by atoms with Gasteiger partial charge in [-0.1, -0.05) is 0 Å². The summed E-state index contributed by atoms with van der Waals surface area (Å²) >= 11 is 4.66. The van der Waals surface area contributed by atoms with Crippen molar-refractivity contribution in [1.82, 2.24) is 0 Å². The fraction of sp³-hybridized carbons (Fsp3) is 0.250. The summed E-state index contributed by atoms with van der Waals surface area (Å²) in [6.07, 6.45) is 0.623. The maximum Gasteiger partial charge on any atom is 0.173 e. The topological polar surface area (TPSA) is 40.9 Å². The largest absolute Gasteiger partial charge is 0.293 e. The fourth-order valence-corrected chi connectivity index (χ4v) is 2.15. The number of nitriles is 1. The van der Waals surface area contributed by atoms with E-state index in [4.69, 9.17) is 5.26 Å². The van der Waals surface area contributed by atoms with Crippen LogP contribution >= 0.6 is 27.3 Å². The number of thiophene rings is 1. The number of carbonyl (C=O) groups is 1. The van der Waals surface area contributed by atoms with Gasteiger partial charge < -0.3 is 0 Å². The predicted molar refractivity (Wildman–Crippen MR) is 51.2 cm³/mol. The molecule has 0 spiro atoms. The van der Waals surface area contributed by atoms with Gasteiger partial charge in [0.1, 0.15) is 0 Å². The molecule has 0 aromatic carbocycles. The van der Waals surface area contributed by atoms with E-state index in [1.54, 1.807) is 6.07 Å². The van der Waals surface area contributed by atoms with Crippen molar-refractivity contribution in [2.75, 3.05) is 0 Å². The Hall–Kier alpha value is -0.660. The zero-order valence-corrected chi connectivity index (χ0v) is 8.61. The summed E-state index contributed by atoms with van der Waals surface area (Å²) in [5.41, 5.74) is 0. The molecule has 0 bridgehead atoms. The van der Waals surface area contributed by atoms with Gasteiger partial charge in [0.2, 0.25) is 0 Å². The molecule has 0 aliphatic rings. The van der Waals surface area contributed by atoms with Gasteiger partial charge in [0.15, 0.2) is 5.78 Å². The molecular formula is C8H6BrNOS. The zero-order chi connectivity index (χ0) is 8.97. The normalized spacial score (nSPS) is 9.33. The molecular weight excluding hydrogens is 238 g/mol. The number of Topliss-reactive ketones (excluding diaryl/α,β-unsaturated/α-hetero) is 1. The van der Waals surface area contributed by atoms with Crippen LogP contribution in [0, 0.1) is 11.3 Å². The minimum atomic E-state index is 0.0484. The molecule has 0 atom stereocenters. The number of halogens is 1.